The molecule has 3 unspecified atom stereocenters. The van der Waals surface area contributed by atoms with Crippen LogP contribution < -0.4 is 5.32 Å². The fraction of sp³-hybridized carbons (Fsp3) is 1.00. The third-order valence-corrected chi connectivity index (χ3v) is 3.92. The first-order valence-corrected chi connectivity index (χ1v) is 6.30. The Morgan fingerprint density at radius 2 is 2.27 bits per heavy atom. The van der Waals surface area contributed by atoms with Gasteiger partial charge in [0.05, 0.1) is 6.61 Å². The first-order valence-electron chi connectivity index (χ1n) is 6.30. The van der Waals surface area contributed by atoms with Gasteiger partial charge in [0.2, 0.25) is 0 Å². The van der Waals surface area contributed by atoms with Gasteiger partial charge in [-0.3, -0.25) is 0 Å². The summed E-state index contributed by atoms with van der Waals surface area (Å²) in [6.45, 7) is 3.98. The molecular formula is C12H24N2O. The molecule has 2 saturated heterocycles. The molecule has 0 aliphatic carbocycles. The summed E-state index contributed by atoms with van der Waals surface area (Å²) < 4.78 is 0. The molecule has 3 nitrogen and oxygen atoms in total. The highest BCUT2D eigenvalue weighted by molar-refractivity contribution is 4.84. The molecule has 2 rings (SSSR count). The number of hydrogen-bond acceptors (Lipinski definition) is 3. The lowest BCUT2D eigenvalue weighted by atomic mass is 9.87. The van der Waals surface area contributed by atoms with Crippen LogP contribution in [0.15, 0.2) is 0 Å². The van der Waals surface area contributed by atoms with Crippen LogP contribution in [0, 0.1) is 11.8 Å². The highest BCUT2D eigenvalue weighted by Gasteiger charge is 2.27. The topological polar surface area (TPSA) is 35.5 Å². The van der Waals surface area contributed by atoms with Gasteiger partial charge in [0.15, 0.2) is 0 Å². The lowest BCUT2D eigenvalue weighted by Crippen LogP contribution is -2.33. The van der Waals surface area contributed by atoms with Crippen molar-refractivity contribution >= 4 is 0 Å². The Morgan fingerprint density at radius 3 is 2.93 bits per heavy atom. The van der Waals surface area contributed by atoms with E-state index < -0.39 is 0 Å². The predicted molar refractivity (Wildman–Crippen MR) is 61.8 cm³/mol. The maximum Gasteiger partial charge on any atom is 0.0584 e. The summed E-state index contributed by atoms with van der Waals surface area (Å²) >= 11 is 0. The third kappa shape index (κ3) is 3.16. The highest BCUT2D eigenvalue weighted by atomic mass is 16.3. The van der Waals surface area contributed by atoms with E-state index in [4.69, 9.17) is 5.11 Å². The molecule has 3 heteroatoms. The van der Waals surface area contributed by atoms with Gasteiger partial charge in [-0.1, -0.05) is 0 Å². The summed E-state index contributed by atoms with van der Waals surface area (Å²) in [7, 11) is 2.23. The first kappa shape index (κ1) is 11.4. The van der Waals surface area contributed by atoms with Gasteiger partial charge in [0.1, 0.15) is 0 Å². The SMILES string of the molecule is CN1CCCC(CC2CNC(CO)C2)C1. The van der Waals surface area contributed by atoms with Crippen molar-refractivity contribution in [2.75, 3.05) is 33.3 Å². The van der Waals surface area contributed by atoms with Gasteiger partial charge in [0, 0.05) is 12.6 Å². The summed E-state index contributed by atoms with van der Waals surface area (Å²) in [4.78, 5) is 2.46. The molecule has 2 heterocycles. The summed E-state index contributed by atoms with van der Waals surface area (Å²) in [6.07, 6.45) is 5.31. The number of aliphatic hydroxyl groups excluding tert-OH is 1. The quantitative estimate of drug-likeness (QED) is 0.722. The van der Waals surface area contributed by atoms with Crippen molar-refractivity contribution in [2.45, 2.75) is 31.7 Å². The van der Waals surface area contributed by atoms with Gasteiger partial charge in [-0.25, -0.2) is 0 Å². The first-order chi connectivity index (χ1) is 7.28. The van der Waals surface area contributed by atoms with Crippen LogP contribution in [-0.4, -0.2) is 49.3 Å². The second kappa shape index (κ2) is 5.28. The van der Waals surface area contributed by atoms with Crippen LogP contribution in [0.3, 0.4) is 0 Å². The Kier molecular flexibility index (Phi) is 4.00. The minimum atomic E-state index is 0.307. The Hall–Kier alpha value is -0.120. The average Bonchev–Trinajstić information content (AvgIpc) is 2.65. The summed E-state index contributed by atoms with van der Waals surface area (Å²) in [6, 6.07) is 0.372. The van der Waals surface area contributed by atoms with Crippen molar-refractivity contribution in [3.05, 3.63) is 0 Å². The van der Waals surface area contributed by atoms with E-state index in [2.05, 4.69) is 17.3 Å². The van der Waals surface area contributed by atoms with Crippen LogP contribution in [0.2, 0.25) is 0 Å². The Balaban J connectivity index is 1.72. The van der Waals surface area contributed by atoms with E-state index in [0.717, 1.165) is 18.4 Å². The summed E-state index contributed by atoms with van der Waals surface area (Å²) in [5.41, 5.74) is 0. The van der Waals surface area contributed by atoms with E-state index >= 15 is 0 Å². The lowest BCUT2D eigenvalue weighted by Gasteiger charge is -2.31. The molecule has 0 radical (unpaired) electrons. The zero-order valence-corrected chi connectivity index (χ0v) is 9.78. The van der Waals surface area contributed by atoms with E-state index in [9.17, 15) is 0 Å². The number of nitrogens with one attached hydrogen (secondary N) is 1. The van der Waals surface area contributed by atoms with E-state index in [1.54, 1.807) is 0 Å². The van der Waals surface area contributed by atoms with Gasteiger partial charge in [-0.15, -0.1) is 0 Å². The largest absolute Gasteiger partial charge is 0.395 e. The minimum absolute atomic E-state index is 0.307. The standard InChI is InChI=1S/C12H24N2O/c1-14-4-2-3-10(8-14)5-11-6-12(9-15)13-7-11/h10-13,15H,2-9H2,1H3. The van der Waals surface area contributed by atoms with Crippen LogP contribution >= 0.6 is 0 Å². The molecule has 0 saturated carbocycles. The smallest absolute Gasteiger partial charge is 0.0584 e. The average molecular weight is 212 g/mol. The molecule has 0 aromatic rings. The Morgan fingerprint density at radius 1 is 1.40 bits per heavy atom. The second-order valence-corrected chi connectivity index (χ2v) is 5.40. The van der Waals surface area contributed by atoms with Crippen LogP contribution in [0.5, 0.6) is 0 Å². The van der Waals surface area contributed by atoms with E-state index in [0.29, 0.717) is 12.6 Å². The summed E-state index contributed by atoms with van der Waals surface area (Å²) in [5.74, 6) is 1.70. The predicted octanol–water partition coefficient (Wildman–Crippen LogP) is 0.689. The zero-order chi connectivity index (χ0) is 10.7. The molecule has 0 amide bonds. The fourth-order valence-corrected chi connectivity index (χ4v) is 3.16. The summed E-state index contributed by atoms with van der Waals surface area (Å²) in [5, 5.41) is 12.5. The number of hydrogen-bond donors (Lipinski definition) is 2. The molecule has 2 aliphatic heterocycles. The molecule has 2 fully saturated rings. The molecular weight excluding hydrogens is 188 g/mol. The van der Waals surface area contributed by atoms with Crippen LogP contribution in [0.4, 0.5) is 0 Å². The molecule has 15 heavy (non-hydrogen) atoms. The number of likely N-dealkylation sites (tertiary alicyclic amines) is 1. The number of nitrogens with zero attached hydrogens (tertiary/aromatic N) is 1. The zero-order valence-electron chi connectivity index (χ0n) is 9.78. The molecule has 2 aliphatic rings. The molecule has 88 valence electrons. The monoisotopic (exact) mass is 212 g/mol. The normalized spacial score (nSPS) is 38.4. The minimum Gasteiger partial charge on any atom is -0.395 e. The molecule has 0 aromatic heterocycles. The van der Waals surface area contributed by atoms with Crippen LogP contribution in [-0.2, 0) is 0 Å². The molecule has 0 aromatic carbocycles. The van der Waals surface area contributed by atoms with E-state index in [-0.39, 0.29) is 0 Å². The molecule has 2 N–H and O–H groups in total. The van der Waals surface area contributed by atoms with Crippen molar-refractivity contribution < 1.29 is 5.11 Å². The number of aliphatic hydroxyl groups is 1. The maximum absolute atomic E-state index is 9.06. The molecule has 0 spiro atoms. The molecule has 0 bridgehead atoms. The van der Waals surface area contributed by atoms with Gasteiger partial charge in [-0.2, -0.15) is 0 Å². The van der Waals surface area contributed by atoms with Crippen LogP contribution in [0.1, 0.15) is 25.7 Å². The maximum atomic E-state index is 9.06. The van der Waals surface area contributed by atoms with Gasteiger partial charge < -0.3 is 15.3 Å². The van der Waals surface area contributed by atoms with Crippen molar-refractivity contribution in [3.8, 4) is 0 Å². The van der Waals surface area contributed by atoms with Gasteiger partial charge in [0.25, 0.3) is 0 Å². The van der Waals surface area contributed by atoms with Gasteiger partial charge >= 0.3 is 0 Å². The fourth-order valence-electron chi connectivity index (χ4n) is 3.16. The van der Waals surface area contributed by atoms with E-state index in [1.165, 1.54) is 38.8 Å². The van der Waals surface area contributed by atoms with Gasteiger partial charge in [-0.05, 0) is 57.7 Å². The van der Waals surface area contributed by atoms with E-state index in [1.807, 2.05) is 0 Å². The number of piperidine rings is 1. The van der Waals surface area contributed by atoms with Crippen LogP contribution in [0.25, 0.3) is 0 Å². The van der Waals surface area contributed by atoms with Crippen molar-refractivity contribution in [1.29, 1.82) is 0 Å². The highest BCUT2D eigenvalue weighted by Crippen LogP contribution is 2.27. The van der Waals surface area contributed by atoms with Crippen molar-refractivity contribution in [3.63, 3.8) is 0 Å². The van der Waals surface area contributed by atoms with Crippen molar-refractivity contribution in [2.24, 2.45) is 11.8 Å². The lowest BCUT2D eigenvalue weighted by molar-refractivity contribution is 0.185. The molecule has 3 atom stereocenters. The Labute approximate surface area is 92.8 Å². The Bertz CT molecular complexity index is 198. The number of rotatable bonds is 3. The third-order valence-electron chi connectivity index (χ3n) is 3.92. The second-order valence-electron chi connectivity index (χ2n) is 5.40. The van der Waals surface area contributed by atoms with Crippen molar-refractivity contribution in [1.82, 2.24) is 10.2 Å².